The van der Waals surface area contributed by atoms with E-state index in [2.05, 4.69) is 9.47 Å². The third-order valence-electron chi connectivity index (χ3n) is 3.58. The number of cyclic esters (lactones) is 1. The van der Waals surface area contributed by atoms with Gasteiger partial charge in [0.15, 0.2) is 0 Å². The number of methoxy groups -OCH3 is 2. The lowest BCUT2D eigenvalue weighted by molar-refractivity contribution is -0.153. The van der Waals surface area contributed by atoms with Gasteiger partial charge < -0.3 is 23.7 Å². The lowest BCUT2D eigenvalue weighted by Crippen LogP contribution is -2.43. The minimum Gasteiger partial charge on any atom is -0.466 e. The molecule has 0 radical (unpaired) electrons. The minimum absolute atomic E-state index is 0.0584. The summed E-state index contributed by atoms with van der Waals surface area (Å²) >= 11 is 0. The van der Waals surface area contributed by atoms with Gasteiger partial charge in [-0.3, -0.25) is 9.69 Å². The molecule has 0 aromatic carbocycles. The number of esters is 5. The molecular weight excluding hydrogens is 390 g/mol. The summed E-state index contributed by atoms with van der Waals surface area (Å²) < 4.78 is 23.7. The van der Waals surface area contributed by atoms with Gasteiger partial charge in [0.25, 0.3) is 0 Å². The van der Waals surface area contributed by atoms with E-state index >= 15 is 0 Å². The van der Waals surface area contributed by atoms with Crippen molar-refractivity contribution in [1.82, 2.24) is 4.90 Å². The number of ether oxygens (including phenoxy) is 5. The molecule has 0 atom stereocenters. The van der Waals surface area contributed by atoms with Gasteiger partial charge in [-0.1, -0.05) is 0 Å². The predicted octanol–water partition coefficient (Wildman–Crippen LogP) is -0.994. The van der Waals surface area contributed by atoms with Gasteiger partial charge >= 0.3 is 29.8 Å². The van der Waals surface area contributed by atoms with Gasteiger partial charge in [0.1, 0.15) is 6.61 Å². The van der Waals surface area contributed by atoms with Gasteiger partial charge in [0.2, 0.25) is 0 Å². The highest BCUT2D eigenvalue weighted by atomic mass is 16.6. The van der Waals surface area contributed by atoms with E-state index in [-0.39, 0.29) is 38.9 Å². The van der Waals surface area contributed by atoms with Crippen molar-refractivity contribution in [2.45, 2.75) is 0 Å². The summed E-state index contributed by atoms with van der Waals surface area (Å²) in [6, 6.07) is 0. The van der Waals surface area contributed by atoms with Gasteiger partial charge in [0.05, 0.1) is 34.0 Å². The highest BCUT2D eigenvalue weighted by Gasteiger charge is 2.23. The fourth-order valence-corrected chi connectivity index (χ4v) is 2.17. The topological polar surface area (TPSA) is 135 Å². The Balaban J connectivity index is 2.61. The van der Waals surface area contributed by atoms with Crippen LogP contribution in [0, 0.1) is 5.92 Å². The van der Waals surface area contributed by atoms with Crippen LogP contribution < -0.4 is 0 Å². The monoisotopic (exact) mass is 413 g/mol. The third kappa shape index (κ3) is 10.6. The molecule has 0 aliphatic carbocycles. The molecule has 0 aromatic rings. The van der Waals surface area contributed by atoms with E-state index in [0.717, 1.165) is 24.3 Å². The second-order valence-corrected chi connectivity index (χ2v) is 5.79. The quantitative estimate of drug-likeness (QED) is 0.248. The summed E-state index contributed by atoms with van der Waals surface area (Å²) in [5, 5.41) is 0. The molecular formula is C18H23NO10. The molecule has 1 rings (SSSR count). The van der Waals surface area contributed by atoms with E-state index in [0.29, 0.717) is 6.54 Å². The standard InChI is InChI=1S/C18H23NO10/c1-25-14(20)3-5-16(22)28-11-13(9-19-7-8-27-18(24)10-19)12-29-17(23)6-4-15(21)26-2/h3-6,13H,7-12H2,1-2H3/b5-3+,6-4+. The summed E-state index contributed by atoms with van der Waals surface area (Å²) in [5.41, 5.74) is 0. The Hall–Kier alpha value is -3.21. The van der Waals surface area contributed by atoms with Crippen LogP contribution in [-0.2, 0) is 47.7 Å². The van der Waals surface area contributed by atoms with Gasteiger partial charge in [-0.05, 0) is 0 Å². The van der Waals surface area contributed by atoms with Crippen molar-refractivity contribution < 1.29 is 47.7 Å². The number of hydrogen-bond acceptors (Lipinski definition) is 11. The molecule has 0 bridgehead atoms. The fraction of sp³-hybridized carbons (Fsp3) is 0.500. The molecule has 1 heterocycles. The fourth-order valence-electron chi connectivity index (χ4n) is 2.17. The van der Waals surface area contributed by atoms with E-state index in [1.165, 1.54) is 14.2 Å². The average Bonchev–Trinajstić information content (AvgIpc) is 2.71. The Labute approximate surface area is 167 Å². The van der Waals surface area contributed by atoms with Gasteiger partial charge in [0, 0.05) is 43.3 Å². The van der Waals surface area contributed by atoms with Gasteiger partial charge in [-0.25, -0.2) is 19.2 Å². The predicted molar refractivity (Wildman–Crippen MR) is 95.1 cm³/mol. The van der Waals surface area contributed by atoms with Crippen LogP contribution in [0.3, 0.4) is 0 Å². The summed E-state index contributed by atoms with van der Waals surface area (Å²) in [5.74, 6) is -3.84. The Morgan fingerprint density at radius 2 is 1.41 bits per heavy atom. The molecule has 11 nitrogen and oxygen atoms in total. The van der Waals surface area contributed by atoms with Crippen molar-refractivity contribution in [3.8, 4) is 0 Å². The molecule has 0 unspecified atom stereocenters. The smallest absolute Gasteiger partial charge is 0.331 e. The molecule has 0 aromatic heterocycles. The van der Waals surface area contributed by atoms with Crippen molar-refractivity contribution in [1.29, 1.82) is 0 Å². The second-order valence-electron chi connectivity index (χ2n) is 5.79. The van der Waals surface area contributed by atoms with Crippen LogP contribution in [-0.4, -0.2) is 88.4 Å². The van der Waals surface area contributed by atoms with E-state index < -0.39 is 29.8 Å². The lowest BCUT2D eigenvalue weighted by atomic mass is 10.1. The highest BCUT2D eigenvalue weighted by Crippen LogP contribution is 2.07. The second kappa shape index (κ2) is 13.0. The van der Waals surface area contributed by atoms with E-state index in [9.17, 15) is 24.0 Å². The molecule has 0 N–H and O–H groups in total. The van der Waals surface area contributed by atoms with Crippen molar-refractivity contribution in [3.63, 3.8) is 0 Å². The average molecular weight is 413 g/mol. The highest BCUT2D eigenvalue weighted by molar-refractivity contribution is 5.92. The summed E-state index contributed by atoms with van der Waals surface area (Å²) in [4.78, 5) is 58.5. The number of carbonyl (C=O) groups excluding carboxylic acids is 5. The maximum atomic E-state index is 11.7. The van der Waals surface area contributed by atoms with Crippen molar-refractivity contribution >= 4 is 29.8 Å². The number of morpholine rings is 1. The van der Waals surface area contributed by atoms with Crippen LogP contribution in [0.25, 0.3) is 0 Å². The SMILES string of the molecule is COC(=O)/C=C/C(=O)OCC(COC(=O)/C=C/C(=O)OC)CN1CCOC(=O)C1. The minimum atomic E-state index is -0.782. The number of rotatable bonds is 10. The molecule has 0 spiro atoms. The zero-order valence-corrected chi connectivity index (χ0v) is 16.2. The number of hydrogen-bond donors (Lipinski definition) is 0. The van der Waals surface area contributed by atoms with E-state index in [1.54, 1.807) is 4.90 Å². The summed E-state index contributed by atoms with van der Waals surface area (Å²) in [6.07, 6.45) is 3.64. The molecule has 1 aliphatic rings. The Kier molecular flexibility index (Phi) is 10.7. The largest absolute Gasteiger partial charge is 0.466 e. The maximum absolute atomic E-state index is 11.7. The van der Waals surface area contributed by atoms with Crippen LogP contribution in [0.1, 0.15) is 0 Å². The van der Waals surface area contributed by atoms with Gasteiger partial charge in [-0.2, -0.15) is 0 Å². The summed E-state index contributed by atoms with van der Waals surface area (Å²) in [7, 11) is 2.33. The summed E-state index contributed by atoms with van der Waals surface area (Å²) in [6.45, 7) is 0.789. The molecule has 29 heavy (non-hydrogen) atoms. The zero-order valence-electron chi connectivity index (χ0n) is 16.2. The molecule has 1 fully saturated rings. The first-order chi connectivity index (χ1) is 13.8. The normalized spacial score (nSPS) is 14.7. The Morgan fingerprint density at radius 3 is 1.86 bits per heavy atom. The first kappa shape index (κ1) is 23.8. The molecule has 1 saturated heterocycles. The zero-order chi connectivity index (χ0) is 21.6. The lowest BCUT2D eigenvalue weighted by Gasteiger charge is -2.29. The first-order valence-corrected chi connectivity index (χ1v) is 8.57. The number of nitrogens with zero attached hydrogens (tertiary/aromatic N) is 1. The van der Waals surface area contributed by atoms with Gasteiger partial charge in [-0.15, -0.1) is 0 Å². The van der Waals surface area contributed by atoms with E-state index in [1.807, 2.05) is 0 Å². The maximum Gasteiger partial charge on any atom is 0.331 e. The first-order valence-electron chi connectivity index (χ1n) is 8.57. The molecule has 160 valence electrons. The Morgan fingerprint density at radius 1 is 0.931 bits per heavy atom. The Bertz CT molecular complexity index is 628. The van der Waals surface area contributed by atoms with Crippen molar-refractivity contribution in [3.05, 3.63) is 24.3 Å². The molecule has 1 aliphatic heterocycles. The van der Waals surface area contributed by atoms with Crippen molar-refractivity contribution in [2.24, 2.45) is 5.92 Å². The van der Waals surface area contributed by atoms with Crippen LogP contribution in [0.5, 0.6) is 0 Å². The molecule has 11 heteroatoms. The van der Waals surface area contributed by atoms with Crippen LogP contribution in [0.15, 0.2) is 24.3 Å². The third-order valence-corrected chi connectivity index (χ3v) is 3.58. The van der Waals surface area contributed by atoms with Crippen molar-refractivity contribution in [2.75, 3.05) is 53.7 Å². The van der Waals surface area contributed by atoms with Crippen LogP contribution in [0.4, 0.5) is 0 Å². The molecule has 0 saturated carbocycles. The number of carbonyl (C=O) groups is 5. The van der Waals surface area contributed by atoms with Crippen LogP contribution >= 0.6 is 0 Å². The van der Waals surface area contributed by atoms with Crippen LogP contribution in [0.2, 0.25) is 0 Å². The van der Waals surface area contributed by atoms with E-state index in [4.69, 9.17) is 14.2 Å². The molecule has 0 amide bonds.